The van der Waals surface area contributed by atoms with Crippen LogP contribution in [0.25, 0.3) is 11.3 Å². The predicted molar refractivity (Wildman–Crippen MR) is 146 cm³/mol. The van der Waals surface area contributed by atoms with Crippen LogP contribution in [0.15, 0.2) is 67.1 Å². The van der Waals surface area contributed by atoms with Crippen LogP contribution >= 0.6 is 0 Å². The number of rotatable bonds is 6. The molecule has 0 spiro atoms. The Bertz CT molecular complexity index is 1450. The fourth-order valence-electron chi connectivity index (χ4n) is 4.35. The Morgan fingerprint density at radius 3 is 2.50 bits per heavy atom. The Morgan fingerprint density at radius 1 is 0.974 bits per heavy atom. The van der Waals surface area contributed by atoms with Crippen molar-refractivity contribution in [1.82, 2.24) is 19.7 Å². The minimum atomic E-state index is -0.610. The topological polar surface area (TPSA) is 87.5 Å². The molecule has 2 aromatic heterocycles. The van der Waals surface area contributed by atoms with E-state index in [9.17, 15) is 9.18 Å². The number of benzene rings is 2. The number of carbonyl (C=O) groups is 1. The van der Waals surface area contributed by atoms with Gasteiger partial charge in [0.05, 0.1) is 17.6 Å². The number of aromatic nitrogens is 3. The molecule has 196 valence electrons. The number of ether oxygens (including phenoxy) is 1. The van der Waals surface area contributed by atoms with E-state index in [-0.39, 0.29) is 5.69 Å². The van der Waals surface area contributed by atoms with Gasteiger partial charge in [0.2, 0.25) is 0 Å². The molecular formula is C28H30FN7O2. The highest BCUT2D eigenvalue weighted by Gasteiger charge is 2.16. The Balaban J connectivity index is 1.23. The van der Waals surface area contributed by atoms with E-state index >= 15 is 0 Å². The Labute approximate surface area is 220 Å². The number of carbonyl (C=O) groups excluding carboxylic acids is 1. The molecule has 0 radical (unpaired) electrons. The molecule has 0 atom stereocenters. The third-order valence-corrected chi connectivity index (χ3v) is 6.34. The molecule has 3 heterocycles. The summed E-state index contributed by atoms with van der Waals surface area (Å²) in [4.78, 5) is 21.6. The van der Waals surface area contributed by atoms with Gasteiger partial charge in [-0.1, -0.05) is 0 Å². The first-order chi connectivity index (χ1) is 18.3. The number of halogens is 1. The number of piperazine rings is 1. The molecule has 38 heavy (non-hydrogen) atoms. The van der Waals surface area contributed by atoms with Crippen molar-refractivity contribution in [3.63, 3.8) is 0 Å². The van der Waals surface area contributed by atoms with Gasteiger partial charge in [-0.15, -0.1) is 0 Å². The predicted octanol–water partition coefficient (Wildman–Crippen LogP) is 5.12. The second-order valence-corrected chi connectivity index (χ2v) is 9.45. The number of pyridine rings is 1. The van der Waals surface area contributed by atoms with Gasteiger partial charge in [0, 0.05) is 74.7 Å². The van der Waals surface area contributed by atoms with E-state index in [1.807, 2.05) is 32.3 Å². The molecule has 1 aliphatic heterocycles. The molecule has 4 aromatic rings. The fourth-order valence-corrected chi connectivity index (χ4v) is 4.35. The molecule has 9 nitrogen and oxygen atoms in total. The van der Waals surface area contributed by atoms with E-state index in [0.29, 0.717) is 22.9 Å². The number of nitrogens with zero attached hydrogens (tertiary/aromatic N) is 5. The van der Waals surface area contributed by atoms with Crippen LogP contribution in [0.4, 0.5) is 26.2 Å². The maximum Gasteiger partial charge on any atom is 0.323 e. The van der Waals surface area contributed by atoms with Gasteiger partial charge in [-0.05, 0) is 55.9 Å². The molecule has 1 saturated heterocycles. The average molecular weight is 516 g/mol. The smallest absolute Gasteiger partial charge is 0.323 e. The fraction of sp³-hybridized carbons (Fsp3) is 0.250. The molecule has 5 rings (SSSR count). The van der Waals surface area contributed by atoms with Crippen molar-refractivity contribution in [3.05, 3.63) is 78.5 Å². The van der Waals surface area contributed by atoms with Crippen LogP contribution in [0.2, 0.25) is 0 Å². The summed E-state index contributed by atoms with van der Waals surface area (Å²) < 4.78 is 22.4. The van der Waals surface area contributed by atoms with E-state index in [1.165, 1.54) is 12.1 Å². The zero-order valence-corrected chi connectivity index (χ0v) is 21.6. The van der Waals surface area contributed by atoms with Gasteiger partial charge in [0.15, 0.2) is 0 Å². The zero-order valence-electron chi connectivity index (χ0n) is 21.6. The molecule has 1 aliphatic rings. The normalized spacial score (nSPS) is 13.8. The lowest BCUT2D eigenvalue weighted by Gasteiger charge is -2.34. The zero-order chi connectivity index (χ0) is 26.6. The Morgan fingerprint density at radius 2 is 1.76 bits per heavy atom. The van der Waals surface area contributed by atoms with Crippen LogP contribution in [0.3, 0.4) is 0 Å². The van der Waals surface area contributed by atoms with Gasteiger partial charge < -0.3 is 25.2 Å². The third-order valence-electron chi connectivity index (χ3n) is 6.34. The van der Waals surface area contributed by atoms with Crippen molar-refractivity contribution in [3.8, 4) is 22.8 Å². The summed E-state index contributed by atoms with van der Waals surface area (Å²) in [6.45, 7) is 5.82. The van der Waals surface area contributed by atoms with Gasteiger partial charge in [0.25, 0.3) is 0 Å². The van der Waals surface area contributed by atoms with Crippen LogP contribution in [-0.2, 0) is 7.05 Å². The number of aryl methyl sites for hydroxylation is 2. The summed E-state index contributed by atoms with van der Waals surface area (Å²) in [5, 5.41) is 9.57. The number of anilines is 3. The number of hydrogen-bond acceptors (Lipinski definition) is 6. The first-order valence-electron chi connectivity index (χ1n) is 12.4. The van der Waals surface area contributed by atoms with Gasteiger partial charge in [-0.25, -0.2) is 9.18 Å². The molecule has 1 fully saturated rings. The van der Waals surface area contributed by atoms with Crippen LogP contribution in [-0.4, -0.2) is 58.9 Å². The summed E-state index contributed by atoms with van der Waals surface area (Å²) in [7, 11) is 3.94. The van der Waals surface area contributed by atoms with Crippen LogP contribution in [0.5, 0.6) is 11.5 Å². The highest BCUT2D eigenvalue weighted by molar-refractivity contribution is 6.00. The average Bonchev–Trinajstić information content (AvgIpc) is 3.32. The van der Waals surface area contributed by atoms with E-state index in [2.05, 4.69) is 43.6 Å². The summed E-state index contributed by atoms with van der Waals surface area (Å²) in [6, 6.07) is 13.2. The van der Waals surface area contributed by atoms with Crippen molar-refractivity contribution in [2.24, 2.45) is 7.05 Å². The molecule has 2 aromatic carbocycles. The Kier molecular flexibility index (Phi) is 7.23. The van der Waals surface area contributed by atoms with Crippen molar-refractivity contribution in [1.29, 1.82) is 0 Å². The molecule has 2 amide bonds. The SMILES string of the molecule is Cc1cc(NC(=O)Nc2ccc(Oc3ccnc(-c4cnn(C)c4)c3)cc2F)cc(N2CCN(C)CC2)c1. The van der Waals surface area contributed by atoms with E-state index in [0.717, 1.165) is 43.0 Å². The monoisotopic (exact) mass is 515 g/mol. The van der Waals surface area contributed by atoms with Gasteiger partial charge in [-0.3, -0.25) is 9.67 Å². The highest BCUT2D eigenvalue weighted by atomic mass is 19.1. The third kappa shape index (κ3) is 6.09. The lowest BCUT2D eigenvalue weighted by Crippen LogP contribution is -2.44. The molecule has 0 aliphatic carbocycles. The van der Waals surface area contributed by atoms with Gasteiger partial charge >= 0.3 is 6.03 Å². The van der Waals surface area contributed by atoms with Crippen molar-refractivity contribution >= 4 is 23.1 Å². The molecule has 0 bridgehead atoms. The maximum atomic E-state index is 14.8. The lowest BCUT2D eigenvalue weighted by atomic mass is 10.1. The quantitative estimate of drug-likeness (QED) is 0.371. The molecule has 2 N–H and O–H groups in total. The number of nitrogens with one attached hydrogen (secondary N) is 2. The van der Waals surface area contributed by atoms with Crippen LogP contribution in [0, 0.1) is 12.7 Å². The van der Waals surface area contributed by atoms with Crippen molar-refractivity contribution in [2.45, 2.75) is 6.92 Å². The summed E-state index contributed by atoms with van der Waals surface area (Å²) >= 11 is 0. The van der Waals surface area contributed by atoms with E-state index in [4.69, 9.17) is 4.74 Å². The highest BCUT2D eigenvalue weighted by Crippen LogP contribution is 2.28. The number of hydrogen-bond donors (Lipinski definition) is 2. The maximum absolute atomic E-state index is 14.8. The second kappa shape index (κ2) is 10.9. The minimum Gasteiger partial charge on any atom is -0.457 e. The summed E-state index contributed by atoms with van der Waals surface area (Å²) in [6.07, 6.45) is 5.18. The number of urea groups is 1. The van der Waals surface area contributed by atoms with Crippen LogP contribution < -0.4 is 20.3 Å². The molecule has 0 unspecified atom stereocenters. The van der Waals surface area contributed by atoms with Gasteiger partial charge in [0.1, 0.15) is 17.3 Å². The second-order valence-electron chi connectivity index (χ2n) is 9.45. The van der Waals surface area contributed by atoms with Crippen LogP contribution in [0.1, 0.15) is 5.56 Å². The van der Waals surface area contributed by atoms with E-state index < -0.39 is 11.8 Å². The van der Waals surface area contributed by atoms with E-state index in [1.54, 1.807) is 35.3 Å². The number of likely N-dealkylation sites (N-methyl/N-ethyl adjacent to an activating group) is 1. The number of amides is 2. The first-order valence-corrected chi connectivity index (χ1v) is 12.4. The first kappa shape index (κ1) is 25.2. The minimum absolute atomic E-state index is 0.0487. The van der Waals surface area contributed by atoms with Gasteiger partial charge in [-0.2, -0.15) is 5.10 Å². The lowest BCUT2D eigenvalue weighted by molar-refractivity contribution is 0.262. The van der Waals surface area contributed by atoms with Crippen molar-refractivity contribution in [2.75, 3.05) is 48.8 Å². The summed E-state index contributed by atoms with van der Waals surface area (Å²) in [5.74, 6) is 0.196. The Hall–Kier alpha value is -4.44. The standard InChI is InChI=1S/C28H30FN7O2/c1-19-12-21(14-22(13-19)36-10-8-34(2)9-11-36)32-28(37)33-26-5-4-23(15-25(26)29)38-24-6-7-30-27(16-24)20-17-31-35(3)18-20/h4-7,12-18H,8-11H2,1-3H3,(H2,32,33,37). The largest absolute Gasteiger partial charge is 0.457 e. The molecule has 0 saturated carbocycles. The summed E-state index contributed by atoms with van der Waals surface area (Å²) in [5.41, 5.74) is 4.33. The molecular weight excluding hydrogens is 485 g/mol. The van der Waals surface area contributed by atoms with Crippen molar-refractivity contribution < 1.29 is 13.9 Å². The molecule has 10 heteroatoms.